The van der Waals surface area contributed by atoms with E-state index in [1.165, 1.54) is 0 Å². The molecule has 27 heteroatoms. The maximum atomic E-state index is 14.1. The Labute approximate surface area is 530 Å². The number of Topliss-reactive ketones (excluding diaryl/α,β-unsaturated/α-hetero) is 1. The molecule has 3 atom stereocenters. The van der Waals surface area contributed by atoms with Crippen LogP contribution in [0.5, 0.6) is 17.2 Å². The van der Waals surface area contributed by atoms with E-state index in [0.717, 1.165) is 6.92 Å². The van der Waals surface area contributed by atoms with Gasteiger partial charge in [-0.3, -0.25) is 9.59 Å². The standard InChI is InChI=1S/C24H20F5N2O3.C22H19F4N2O2.C21H16F5N2O2/c1-31(2,3)13-17(32)12-16(11-15-8-6-14(7-9-15)5-4-10-30)24(33)34-23-21(28)19(26)18(25)20(27)22(23)29;1-13-17(23)19(25)21(20(26)18(13)24)30-22(29)16(28(2,3)4)12-15-9-7-14(8-10-15)6-5-11-27;1-28(2,3)14(11-13-8-6-12(7-9-13)5-4-10-27)21(29)30-20-18(25)16(23)15(22)17(24)19(20)26/h6-9,16H,11-13H2,1-3H3;7-10,16H,12H2,1-4H3;6-9,14H,11H2,1-3H3/q3*+1. The molecule has 0 saturated heterocycles. The van der Waals surface area contributed by atoms with Crippen LogP contribution in [0.2, 0.25) is 0 Å². The van der Waals surface area contributed by atoms with E-state index >= 15 is 0 Å². The highest BCUT2D eigenvalue weighted by Gasteiger charge is 2.39. The molecule has 94 heavy (non-hydrogen) atoms. The molecule has 0 saturated carbocycles. The van der Waals surface area contributed by atoms with Gasteiger partial charge in [0.1, 0.15) is 6.54 Å². The van der Waals surface area contributed by atoms with Crippen molar-refractivity contribution in [2.24, 2.45) is 5.92 Å². The smallest absolute Gasteiger partial charge is 0.370 e. The van der Waals surface area contributed by atoms with E-state index in [0.29, 0.717) is 33.4 Å². The molecule has 490 valence electrons. The molecule has 0 fully saturated rings. The van der Waals surface area contributed by atoms with Crippen molar-refractivity contribution in [3.8, 4) is 71.0 Å². The maximum absolute atomic E-state index is 14.1. The zero-order valence-electron chi connectivity index (χ0n) is 51.5. The van der Waals surface area contributed by atoms with Gasteiger partial charge in [0.25, 0.3) is 0 Å². The Morgan fingerprint density at radius 2 is 0.638 bits per heavy atom. The van der Waals surface area contributed by atoms with Gasteiger partial charge in [0, 0.05) is 59.3 Å². The number of ether oxygens (including phenoxy) is 3. The SMILES string of the molecule is C[N+](C)(C)C(Cc1ccc(C#CC#N)cc1)C(=O)Oc1c(F)c(F)c(F)c(F)c1F.C[N+](C)(C)CC(=O)CC(Cc1ccc(C#CC#N)cc1)C(=O)Oc1c(F)c(F)c(F)c(F)c1F.Cc1c(F)c(F)c(OC(=O)C(Cc2ccc(C#CC#N)cc2)[N+](C)(C)C)c(F)c1F. The Morgan fingerprint density at radius 1 is 0.383 bits per heavy atom. The monoisotopic (exact) mass is 1320 g/mol. The minimum atomic E-state index is -2.39. The van der Waals surface area contributed by atoms with Crippen LogP contribution in [0, 0.1) is 164 Å². The van der Waals surface area contributed by atoms with Crippen LogP contribution in [0.3, 0.4) is 0 Å². The first kappa shape index (κ1) is 75.9. The first-order valence-corrected chi connectivity index (χ1v) is 27.2. The Bertz CT molecular complexity index is 3940. The van der Waals surface area contributed by atoms with E-state index in [9.17, 15) is 80.6 Å². The van der Waals surface area contributed by atoms with E-state index in [-0.39, 0.29) is 51.5 Å². The third kappa shape index (κ3) is 20.5. The number of nitrogens with zero attached hydrogens (tertiary/aromatic N) is 6. The van der Waals surface area contributed by atoms with E-state index in [4.69, 9.17) is 20.5 Å². The fourth-order valence-corrected chi connectivity index (χ4v) is 8.34. The minimum Gasteiger partial charge on any atom is -0.420 e. The molecule has 6 aromatic rings. The highest BCUT2D eigenvalue weighted by atomic mass is 19.2. The zero-order valence-corrected chi connectivity index (χ0v) is 51.5. The number of halogens is 14. The molecule has 0 bridgehead atoms. The Morgan fingerprint density at radius 3 is 0.904 bits per heavy atom. The lowest BCUT2D eigenvalue weighted by Crippen LogP contribution is -2.52. The summed E-state index contributed by atoms with van der Waals surface area (Å²) in [7, 11) is 15.0. The molecule has 6 rings (SSSR count). The first-order chi connectivity index (χ1) is 43.8. The van der Waals surface area contributed by atoms with E-state index in [1.807, 2.05) is 0 Å². The molecule has 0 aromatic heterocycles. The summed E-state index contributed by atoms with van der Waals surface area (Å²) in [4.78, 5) is 50.5. The molecule has 0 aliphatic carbocycles. The molecule has 0 radical (unpaired) electrons. The highest BCUT2D eigenvalue weighted by molar-refractivity contribution is 5.86. The van der Waals surface area contributed by atoms with Crippen molar-refractivity contribution < 1.29 is 108 Å². The lowest BCUT2D eigenvalue weighted by atomic mass is 9.93. The highest BCUT2D eigenvalue weighted by Crippen LogP contribution is 2.34. The van der Waals surface area contributed by atoms with Crippen LogP contribution in [0.25, 0.3) is 0 Å². The molecule has 0 spiro atoms. The van der Waals surface area contributed by atoms with Crippen molar-refractivity contribution in [1.82, 2.24) is 0 Å². The molecule has 6 aromatic carbocycles. The van der Waals surface area contributed by atoms with Gasteiger partial charge in [-0.05, 0) is 66.4 Å². The van der Waals surface area contributed by atoms with Crippen molar-refractivity contribution in [3.05, 3.63) is 193 Å². The summed E-state index contributed by atoms with van der Waals surface area (Å²) in [5, 5.41) is 25.5. The number of esters is 3. The molecule has 13 nitrogen and oxygen atoms in total. The number of ketones is 1. The topological polar surface area (TPSA) is 167 Å². The molecule has 0 heterocycles. The second kappa shape index (κ2) is 32.6. The number of carbonyl (C=O) groups excluding carboxylic acids is 4. The number of rotatable bonds is 18. The molecule has 0 amide bonds. The summed E-state index contributed by atoms with van der Waals surface area (Å²) in [5.74, 6) is -24.9. The average Bonchev–Trinajstić information content (AvgIpc) is 0.806. The van der Waals surface area contributed by atoms with Crippen molar-refractivity contribution in [1.29, 1.82) is 15.8 Å². The van der Waals surface area contributed by atoms with Crippen molar-refractivity contribution in [2.45, 2.75) is 44.7 Å². The van der Waals surface area contributed by atoms with Crippen LogP contribution in [0.4, 0.5) is 61.5 Å². The number of hydrogen-bond acceptors (Lipinski definition) is 10. The quantitative estimate of drug-likeness (QED) is 0.0154. The summed E-state index contributed by atoms with van der Waals surface area (Å²) >= 11 is 0. The fraction of sp³-hybridized carbons (Fsp3) is 0.269. The van der Waals surface area contributed by atoms with Gasteiger partial charge < -0.3 is 27.7 Å². The van der Waals surface area contributed by atoms with Gasteiger partial charge in [0.15, 0.2) is 47.7 Å². The number of benzene rings is 6. The Kier molecular flexibility index (Phi) is 26.4. The van der Waals surface area contributed by atoms with Crippen molar-refractivity contribution >= 4 is 23.7 Å². The second-order valence-corrected chi connectivity index (χ2v) is 23.2. The van der Waals surface area contributed by atoms with Gasteiger partial charge in [-0.1, -0.05) is 54.2 Å². The predicted molar refractivity (Wildman–Crippen MR) is 308 cm³/mol. The van der Waals surface area contributed by atoms with Crippen LogP contribution in [0.1, 0.15) is 45.4 Å². The van der Waals surface area contributed by atoms with Crippen LogP contribution in [-0.4, -0.2) is 119 Å². The number of carbonyl (C=O) groups is 4. The first-order valence-electron chi connectivity index (χ1n) is 27.2. The van der Waals surface area contributed by atoms with Gasteiger partial charge >= 0.3 is 17.9 Å². The Hall–Kier alpha value is -10.6. The number of quaternary nitrogens is 3. The van der Waals surface area contributed by atoms with Gasteiger partial charge in [-0.2, -0.15) is 42.1 Å². The zero-order chi connectivity index (χ0) is 70.9. The van der Waals surface area contributed by atoms with Gasteiger partial charge in [0.05, 0.1) is 69.3 Å². The lowest BCUT2D eigenvalue weighted by molar-refractivity contribution is -0.887. The summed E-state index contributed by atoms with van der Waals surface area (Å²) < 4.78 is 206. The maximum Gasteiger partial charge on any atom is 0.370 e. The summed E-state index contributed by atoms with van der Waals surface area (Å²) in [6.07, 6.45) is -0.346. The van der Waals surface area contributed by atoms with E-state index in [1.54, 1.807) is 154 Å². The van der Waals surface area contributed by atoms with E-state index < -0.39 is 140 Å². The van der Waals surface area contributed by atoms with E-state index in [2.05, 4.69) is 45.0 Å². The van der Waals surface area contributed by atoms with Crippen molar-refractivity contribution in [3.63, 3.8) is 0 Å². The second-order valence-electron chi connectivity index (χ2n) is 23.2. The lowest BCUT2D eigenvalue weighted by Gasteiger charge is -2.32. The molecule has 0 aliphatic rings. The number of hydrogen-bond donors (Lipinski definition) is 0. The van der Waals surface area contributed by atoms with Gasteiger partial charge in [-0.15, -0.1) is 0 Å². The van der Waals surface area contributed by atoms with Gasteiger partial charge in [-0.25, -0.2) is 44.7 Å². The molecule has 3 unspecified atom stereocenters. The largest absolute Gasteiger partial charge is 0.420 e. The predicted octanol–water partition coefficient (Wildman–Crippen LogP) is 10.8. The van der Waals surface area contributed by atoms with Crippen LogP contribution in [0.15, 0.2) is 72.8 Å². The molecule has 0 aliphatic heterocycles. The van der Waals surface area contributed by atoms with Gasteiger partial charge in [0.2, 0.25) is 87.1 Å². The molecular weight excluding hydrogens is 1270 g/mol. The summed E-state index contributed by atoms with van der Waals surface area (Å²) in [6, 6.07) is 22.5. The van der Waals surface area contributed by atoms with Crippen LogP contribution in [-0.2, 0) is 38.4 Å². The number of nitriles is 3. The third-order valence-corrected chi connectivity index (χ3v) is 13.3. The average molecular weight is 1320 g/mol. The minimum absolute atomic E-state index is 0.0227. The summed E-state index contributed by atoms with van der Waals surface area (Å²) in [5.41, 5.74) is 2.66. The molecular formula is C67H55F14N6O7+3. The molecule has 0 N–H and O–H groups in total. The normalized spacial score (nSPS) is 11.8. The third-order valence-electron chi connectivity index (χ3n) is 13.3. The summed E-state index contributed by atoms with van der Waals surface area (Å²) in [6.45, 7) is 0.900. The van der Waals surface area contributed by atoms with Crippen LogP contribution >= 0.6 is 0 Å². The number of likely N-dealkylation sites (N-methyl/N-ethyl adjacent to an activating group) is 3. The van der Waals surface area contributed by atoms with Crippen molar-refractivity contribution in [2.75, 3.05) is 70.0 Å². The fourth-order valence-electron chi connectivity index (χ4n) is 8.34. The van der Waals surface area contributed by atoms with Crippen LogP contribution < -0.4 is 14.2 Å². The Balaban J connectivity index is 0.000000301.